The van der Waals surface area contributed by atoms with Gasteiger partial charge in [-0.25, -0.2) is 0 Å². The van der Waals surface area contributed by atoms with Crippen LogP contribution in [0.1, 0.15) is 35.7 Å². The Bertz CT molecular complexity index is 610. The predicted octanol–water partition coefficient (Wildman–Crippen LogP) is 2.40. The smallest absolute Gasteiger partial charge is 0.254 e. The van der Waals surface area contributed by atoms with E-state index in [1.165, 1.54) is 0 Å². The molecular formula is C15H19NO4P2. The lowest BCUT2D eigenvalue weighted by molar-refractivity contribution is 0.0547. The second-order valence-corrected chi connectivity index (χ2v) is 6.28. The molecule has 1 atom stereocenters. The van der Waals surface area contributed by atoms with Crippen LogP contribution in [0.2, 0.25) is 0 Å². The molecule has 0 aromatic heterocycles. The third-order valence-electron chi connectivity index (χ3n) is 3.77. The molecule has 1 aliphatic heterocycles. The molecule has 22 heavy (non-hydrogen) atoms. The van der Waals surface area contributed by atoms with Crippen LogP contribution in [0.5, 0.6) is 5.75 Å². The van der Waals surface area contributed by atoms with Crippen molar-refractivity contribution in [2.75, 3.05) is 13.1 Å². The van der Waals surface area contributed by atoms with Crippen LogP contribution in [0, 0.1) is 0 Å². The van der Waals surface area contributed by atoms with E-state index in [0.29, 0.717) is 48.1 Å². The Morgan fingerprint density at radius 3 is 2.55 bits per heavy atom. The van der Waals surface area contributed by atoms with Gasteiger partial charge in [-0.1, -0.05) is 6.58 Å². The van der Waals surface area contributed by atoms with Gasteiger partial charge in [0.25, 0.3) is 5.91 Å². The number of aliphatic hydroxyl groups excluding tert-OH is 1. The third-order valence-corrected chi connectivity index (χ3v) is 4.59. The van der Waals surface area contributed by atoms with Crippen LogP contribution >= 0.6 is 17.9 Å². The highest BCUT2D eigenvalue weighted by Crippen LogP contribution is 2.29. The summed E-state index contributed by atoms with van der Waals surface area (Å²) in [7, 11) is 1.91. The van der Waals surface area contributed by atoms with Crippen LogP contribution in [0.15, 0.2) is 18.7 Å². The molecule has 1 N–H and O–H groups in total. The molecule has 2 rings (SSSR count). The van der Waals surface area contributed by atoms with Gasteiger partial charge in [-0.15, -0.1) is 0 Å². The number of benzene rings is 1. The monoisotopic (exact) mass is 339 g/mol. The minimum atomic E-state index is -0.347. The zero-order chi connectivity index (χ0) is 16.3. The average Bonchev–Trinajstić information content (AvgIpc) is 2.53. The van der Waals surface area contributed by atoms with Gasteiger partial charge in [-0.2, -0.15) is 0 Å². The number of aliphatic hydroxyl groups is 1. The number of hydrogen-bond acceptors (Lipinski definition) is 4. The number of carbonyl (C=O) groups excluding carboxylic acids is 1. The number of rotatable bonds is 4. The summed E-state index contributed by atoms with van der Waals surface area (Å²) in [5.41, 5.74) is 1.86. The van der Waals surface area contributed by atoms with Crippen molar-refractivity contribution in [3.63, 3.8) is 0 Å². The topological polar surface area (TPSA) is 66.8 Å². The van der Waals surface area contributed by atoms with Gasteiger partial charge in [0.15, 0.2) is 8.46 Å². The average molecular weight is 339 g/mol. The molecule has 118 valence electrons. The van der Waals surface area contributed by atoms with Crippen molar-refractivity contribution in [3.05, 3.63) is 29.8 Å². The van der Waals surface area contributed by atoms with Gasteiger partial charge in [-0.3, -0.25) is 9.36 Å². The van der Waals surface area contributed by atoms with E-state index in [2.05, 4.69) is 16.0 Å². The van der Waals surface area contributed by atoms with E-state index in [0.717, 1.165) is 5.57 Å². The SMILES string of the molecule is C=C(C)c1cc(C(=O)N2CCC(O)CC2)c(P=O)cc1OP. The standard InChI is InChI=1S/C15H19NO4P2/c1-9(2)11-7-12(14(22-19)8-13(11)20-21)15(18)16-5-3-10(17)4-6-16/h7-8,10,17H,1,3-6,21H2,2H3. The Morgan fingerprint density at radius 2 is 2.05 bits per heavy atom. The van der Waals surface area contributed by atoms with Crippen LogP contribution in [-0.4, -0.2) is 35.1 Å². The molecule has 5 nitrogen and oxygen atoms in total. The largest absolute Gasteiger partial charge is 0.480 e. The summed E-state index contributed by atoms with van der Waals surface area (Å²) in [5, 5.41) is 9.93. The molecule has 1 saturated heterocycles. The fourth-order valence-electron chi connectivity index (χ4n) is 2.49. The molecule has 1 fully saturated rings. The van der Waals surface area contributed by atoms with Gasteiger partial charge < -0.3 is 14.5 Å². The highest BCUT2D eigenvalue weighted by molar-refractivity contribution is 7.34. The molecule has 0 aliphatic carbocycles. The van der Waals surface area contributed by atoms with E-state index < -0.39 is 0 Å². The van der Waals surface area contributed by atoms with Crippen molar-refractivity contribution in [3.8, 4) is 5.75 Å². The normalized spacial score (nSPS) is 15.9. The Labute approximate surface area is 133 Å². The summed E-state index contributed by atoms with van der Waals surface area (Å²) in [6.07, 6.45) is 0.784. The van der Waals surface area contributed by atoms with Crippen molar-refractivity contribution < 1.29 is 19.0 Å². The number of nitrogens with zero attached hydrogens (tertiary/aromatic N) is 1. The second kappa shape index (κ2) is 7.32. The quantitative estimate of drug-likeness (QED) is 0.856. The molecular weight excluding hydrogens is 320 g/mol. The maximum Gasteiger partial charge on any atom is 0.254 e. The van der Waals surface area contributed by atoms with Crippen LogP contribution < -0.4 is 9.83 Å². The van der Waals surface area contributed by atoms with E-state index in [1.54, 1.807) is 17.0 Å². The van der Waals surface area contributed by atoms with Gasteiger partial charge in [-0.05, 0) is 37.5 Å². The Balaban J connectivity index is 2.40. The maximum absolute atomic E-state index is 12.7. The predicted molar refractivity (Wildman–Crippen MR) is 89.9 cm³/mol. The lowest BCUT2D eigenvalue weighted by atomic mass is 10.0. The maximum atomic E-state index is 12.7. The molecule has 1 amide bonds. The molecule has 0 radical (unpaired) electrons. The highest BCUT2D eigenvalue weighted by Gasteiger charge is 2.25. The van der Waals surface area contributed by atoms with Crippen LogP contribution in [0.4, 0.5) is 0 Å². The lowest BCUT2D eigenvalue weighted by Gasteiger charge is -2.30. The molecule has 1 aromatic carbocycles. The Morgan fingerprint density at radius 1 is 1.41 bits per heavy atom. The van der Waals surface area contributed by atoms with Crippen molar-refractivity contribution >= 4 is 34.7 Å². The first-order valence-electron chi connectivity index (χ1n) is 6.99. The number of carbonyl (C=O) groups is 1. The molecule has 0 bridgehead atoms. The summed E-state index contributed by atoms with van der Waals surface area (Å²) in [6, 6.07) is 3.27. The Kier molecular flexibility index (Phi) is 5.69. The summed E-state index contributed by atoms with van der Waals surface area (Å²) in [6.45, 7) is 6.71. The highest BCUT2D eigenvalue weighted by atomic mass is 31.1. The van der Waals surface area contributed by atoms with Crippen LogP contribution in [-0.2, 0) is 4.57 Å². The van der Waals surface area contributed by atoms with Gasteiger partial charge in [0.1, 0.15) is 5.75 Å². The van der Waals surface area contributed by atoms with E-state index in [9.17, 15) is 14.5 Å². The third kappa shape index (κ3) is 3.55. The van der Waals surface area contributed by atoms with E-state index in [1.807, 2.05) is 6.92 Å². The molecule has 0 spiro atoms. The molecule has 1 aromatic rings. The fourth-order valence-corrected chi connectivity index (χ4v) is 3.11. The van der Waals surface area contributed by atoms with Crippen LogP contribution in [0.3, 0.4) is 0 Å². The van der Waals surface area contributed by atoms with Crippen molar-refractivity contribution in [2.24, 2.45) is 0 Å². The fraction of sp³-hybridized carbons (Fsp3) is 0.400. The summed E-state index contributed by atoms with van der Waals surface area (Å²) < 4.78 is 16.6. The summed E-state index contributed by atoms with van der Waals surface area (Å²) in [4.78, 5) is 14.4. The number of piperidine rings is 1. The first-order valence-corrected chi connectivity index (χ1v) is 8.27. The van der Waals surface area contributed by atoms with Gasteiger partial charge >= 0.3 is 0 Å². The first kappa shape index (κ1) is 17.1. The van der Waals surface area contributed by atoms with Crippen molar-refractivity contribution in [2.45, 2.75) is 25.9 Å². The zero-order valence-corrected chi connectivity index (χ0v) is 14.5. The van der Waals surface area contributed by atoms with E-state index in [-0.39, 0.29) is 20.5 Å². The van der Waals surface area contributed by atoms with Crippen molar-refractivity contribution in [1.82, 2.24) is 4.90 Å². The number of allylic oxidation sites excluding steroid dienone is 1. The number of likely N-dealkylation sites (tertiary alicyclic amines) is 1. The lowest BCUT2D eigenvalue weighted by Crippen LogP contribution is -2.41. The minimum Gasteiger partial charge on any atom is -0.480 e. The van der Waals surface area contributed by atoms with E-state index in [4.69, 9.17) is 4.52 Å². The summed E-state index contributed by atoms with van der Waals surface area (Å²) >= 11 is 0. The second-order valence-electron chi connectivity index (χ2n) is 5.38. The number of amides is 1. The molecule has 1 heterocycles. The van der Waals surface area contributed by atoms with Gasteiger partial charge in [0.05, 0.1) is 26.4 Å². The Hall–Kier alpha value is -1.28. The van der Waals surface area contributed by atoms with Crippen molar-refractivity contribution in [1.29, 1.82) is 0 Å². The zero-order valence-electron chi connectivity index (χ0n) is 12.4. The molecule has 0 saturated carbocycles. The van der Waals surface area contributed by atoms with E-state index >= 15 is 0 Å². The first-order chi connectivity index (χ1) is 10.5. The van der Waals surface area contributed by atoms with Gasteiger partial charge in [0, 0.05) is 18.7 Å². The molecule has 7 heteroatoms. The molecule has 1 unspecified atom stereocenters. The van der Waals surface area contributed by atoms with Crippen LogP contribution in [0.25, 0.3) is 5.57 Å². The van der Waals surface area contributed by atoms with Gasteiger partial charge in [0.2, 0.25) is 0 Å². The minimum absolute atomic E-state index is 0.178. The molecule has 1 aliphatic rings. The summed E-state index contributed by atoms with van der Waals surface area (Å²) in [5.74, 6) is 0.338. The number of hydrogen-bond donors (Lipinski definition) is 1.